The molecule has 0 spiro atoms. The van der Waals surface area contributed by atoms with Gasteiger partial charge in [0, 0.05) is 32.9 Å². The predicted molar refractivity (Wildman–Crippen MR) is 186 cm³/mol. The summed E-state index contributed by atoms with van der Waals surface area (Å²) in [5.74, 6) is 0. The summed E-state index contributed by atoms with van der Waals surface area (Å²) in [6.45, 7) is 0. The molecular formula is C42H28N2. The molecule has 2 heteroatoms. The van der Waals surface area contributed by atoms with Gasteiger partial charge in [-0.2, -0.15) is 0 Å². The summed E-state index contributed by atoms with van der Waals surface area (Å²) in [6, 6.07) is 61.5. The largest absolute Gasteiger partial charge is 0.309 e. The van der Waals surface area contributed by atoms with Gasteiger partial charge in [-0.3, -0.25) is 0 Å². The van der Waals surface area contributed by atoms with E-state index in [1.54, 1.807) is 0 Å². The molecule has 0 aliphatic carbocycles. The van der Waals surface area contributed by atoms with Gasteiger partial charge in [-0.1, -0.05) is 115 Å². The van der Waals surface area contributed by atoms with Gasteiger partial charge in [-0.05, 0) is 76.9 Å². The highest BCUT2D eigenvalue weighted by atomic mass is 15.0. The summed E-state index contributed by atoms with van der Waals surface area (Å²) in [4.78, 5) is 0. The lowest BCUT2D eigenvalue weighted by atomic mass is 9.97. The van der Waals surface area contributed by atoms with Crippen LogP contribution in [0, 0.1) is 0 Å². The molecule has 9 rings (SSSR count). The van der Waals surface area contributed by atoms with Gasteiger partial charge in [-0.15, -0.1) is 0 Å². The quantitative estimate of drug-likeness (QED) is 0.203. The Kier molecular flexibility index (Phi) is 5.54. The van der Waals surface area contributed by atoms with Crippen LogP contribution in [0.4, 0.5) is 0 Å². The predicted octanol–water partition coefficient (Wildman–Crippen LogP) is 11.2. The topological polar surface area (TPSA) is 9.86 Å². The molecule has 0 atom stereocenters. The molecule has 7 aromatic carbocycles. The highest BCUT2D eigenvalue weighted by Gasteiger charge is 2.15. The average molecular weight is 561 g/mol. The number of rotatable bonds is 4. The van der Waals surface area contributed by atoms with Gasteiger partial charge in [0.05, 0.1) is 22.1 Å². The summed E-state index contributed by atoms with van der Waals surface area (Å²) in [5.41, 5.74) is 12.0. The smallest absolute Gasteiger partial charge is 0.0541 e. The molecule has 206 valence electrons. The molecular weight excluding hydrogens is 532 g/mol. The Bertz CT molecular complexity index is 2370. The molecule has 0 aliphatic heterocycles. The van der Waals surface area contributed by atoms with Gasteiger partial charge in [0.1, 0.15) is 0 Å². The lowest BCUT2D eigenvalue weighted by Crippen LogP contribution is -1.96. The van der Waals surface area contributed by atoms with Crippen molar-refractivity contribution in [3.05, 3.63) is 170 Å². The molecule has 0 N–H and O–H groups in total. The third kappa shape index (κ3) is 3.82. The van der Waals surface area contributed by atoms with Gasteiger partial charge in [0.2, 0.25) is 0 Å². The minimum Gasteiger partial charge on any atom is -0.309 e. The zero-order valence-electron chi connectivity index (χ0n) is 24.1. The van der Waals surface area contributed by atoms with Gasteiger partial charge in [0.25, 0.3) is 0 Å². The van der Waals surface area contributed by atoms with E-state index in [4.69, 9.17) is 0 Å². The first kappa shape index (κ1) is 24.7. The molecule has 2 heterocycles. The molecule has 44 heavy (non-hydrogen) atoms. The first-order valence-corrected chi connectivity index (χ1v) is 15.1. The minimum atomic E-state index is 1.16. The summed E-state index contributed by atoms with van der Waals surface area (Å²) >= 11 is 0. The van der Waals surface area contributed by atoms with Gasteiger partial charge < -0.3 is 9.13 Å². The van der Waals surface area contributed by atoms with Crippen molar-refractivity contribution in [1.29, 1.82) is 0 Å². The van der Waals surface area contributed by atoms with Gasteiger partial charge in [0.15, 0.2) is 0 Å². The molecule has 9 aromatic rings. The van der Waals surface area contributed by atoms with Crippen molar-refractivity contribution in [1.82, 2.24) is 9.13 Å². The second-order valence-electron chi connectivity index (χ2n) is 11.4. The average Bonchev–Trinajstić information content (AvgIpc) is 3.62. The summed E-state index contributed by atoms with van der Waals surface area (Å²) in [6.07, 6.45) is 0. The standard InChI is InChI=1S/C42H28N2/c1-2-12-29(13-3-1)31-26-32(28-34(27-31)44-41-20-10-6-16-37(41)38-17-7-11-21-42(38)44)30-22-24-33(25-23-30)43-39-18-8-4-14-35(39)36-15-5-9-19-40(36)43/h1-28H. The van der Waals surface area contributed by atoms with Gasteiger partial charge in [-0.25, -0.2) is 0 Å². The zero-order chi connectivity index (χ0) is 29.0. The van der Waals surface area contributed by atoms with E-state index in [1.165, 1.54) is 65.9 Å². The Morgan fingerprint density at radius 1 is 0.250 bits per heavy atom. The molecule has 0 fully saturated rings. The first-order valence-electron chi connectivity index (χ1n) is 15.1. The molecule has 2 aromatic heterocycles. The molecule has 0 aliphatic rings. The Morgan fingerprint density at radius 3 is 1.07 bits per heavy atom. The van der Waals surface area contributed by atoms with Crippen molar-refractivity contribution in [2.24, 2.45) is 0 Å². The second-order valence-corrected chi connectivity index (χ2v) is 11.4. The zero-order valence-corrected chi connectivity index (χ0v) is 24.1. The highest BCUT2D eigenvalue weighted by Crippen LogP contribution is 2.37. The SMILES string of the molecule is c1ccc(-c2cc(-c3ccc(-n4c5ccccc5c5ccccc54)cc3)cc(-n3c4ccccc4c4ccccc43)c2)cc1. The molecule has 0 unspecified atom stereocenters. The van der Waals surface area contributed by atoms with Crippen LogP contribution < -0.4 is 0 Å². The van der Waals surface area contributed by atoms with E-state index in [0.717, 1.165) is 11.4 Å². The maximum Gasteiger partial charge on any atom is 0.0541 e. The number of aromatic nitrogens is 2. The number of fused-ring (bicyclic) bond motifs is 6. The maximum atomic E-state index is 2.41. The van der Waals surface area contributed by atoms with Crippen molar-refractivity contribution < 1.29 is 0 Å². The molecule has 0 bridgehead atoms. The number of para-hydroxylation sites is 4. The Labute approximate surface area is 255 Å². The van der Waals surface area contributed by atoms with Crippen LogP contribution in [0.2, 0.25) is 0 Å². The molecule has 0 amide bonds. The lowest BCUT2D eigenvalue weighted by Gasteiger charge is -2.15. The minimum absolute atomic E-state index is 1.16. The van der Waals surface area contributed by atoms with Crippen molar-refractivity contribution in [2.45, 2.75) is 0 Å². The fourth-order valence-corrected chi connectivity index (χ4v) is 6.91. The van der Waals surface area contributed by atoms with E-state index in [9.17, 15) is 0 Å². The summed E-state index contributed by atoms with van der Waals surface area (Å²) in [5, 5.41) is 5.09. The lowest BCUT2D eigenvalue weighted by molar-refractivity contribution is 1.18. The Morgan fingerprint density at radius 2 is 0.614 bits per heavy atom. The van der Waals surface area contributed by atoms with Crippen LogP contribution in [0.25, 0.3) is 77.2 Å². The third-order valence-electron chi connectivity index (χ3n) is 8.90. The third-order valence-corrected chi connectivity index (χ3v) is 8.90. The van der Waals surface area contributed by atoms with Crippen LogP contribution in [0.5, 0.6) is 0 Å². The van der Waals surface area contributed by atoms with Crippen LogP contribution in [-0.2, 0) is 0 Å². The molecule has 0 saturated carbocycles. The number of hydrogen-bond acceptors (Lipinski definition) is 0. The highest BCUT2D eigenvalue weighted by molar-refractivity contribution is 6.10. The van der Waals surface area contributed by atoms with E-state index >= 15 is 0 Å². The summed E-state index contributed by atoms with van der Waals surface area (Å²) < 4.78 is 4.78. The van der Waals surface area contributed by atoms with Crippen LogP contribution >= 0.6 is 0 Å². The van der Waals surface area contributed by atoms with E-state index in [2.05, 4.69) is 179 Å². The van der Waals surface area contributed by atoms with Crippen LogP contribution in [0.15, 0.2) is 170 Å². The van der Waals surface area contributed by atoms with Crippen LogP contribution in [0.1, 0.15) is 0 Å². The Hall–Kier alpha value is -5.86. The maximum absolute atomic E-state index is 2.41. The van der Waals surface area contributed by atoms with E-state index in [-0.39, 0.29) is 0 Å². The number of benzene rings is 7. The fraction of sp³-hybridized carbons (Fsp3) is 0. The van der Waals surface area contributed by atoms with E-state index < -0.39 is 0 Å². The van der Waals surface area contributed by atoms with Crippen molar-refractivity contribution in [3.8, 4) is 33.6 Å². The van der Waals surface area contributed by atoms with E-state index in [0.29, 0.717) is 0 Å². The normalized spacial score (nSPS) is 11.6. The van der Waals surface area contributed by atoms with Crippen LogP contribution in [0.3, 0.4) is 0 Å². The first-order chi connectivity index (χ1) is 21.8. The monoisotopic (exact) mass is 560 g/mol. The number of nitrogens with zero attached hydrogens (tertiary/aromatic N) is 2. The van der Waals surface area contributed by atoms with Crippen molar-refractivity contribution in [3.63, 3.8) is 0 Å². The molecule has 0 radical (unpaired) electrons. The molecule has 2 nitrogen and oxygen atoms in total. The van der Waals surface area contributed by atoms with Crippen molar-refractivity contribution in [2.75, 3.05) is 0 Å². The Balaban J connectivity index is 1.24. The van der Waals surface area contributed by atoms with Gasteiger partial charge >= 0.3 is 0 Å². The van der Waals surface area contributed by atoms with Crippen molar-refractivity contribution >= 4 is 43.6 Å². The number of hydrogen-bond donors (Lipinski definition) is 0. The fourth-order valence-electron chi connectivity index (χ4n) is 6.91. The second kappa shape index (κ2) is 9.86. The van der Waals surface area contributed by atoms with Crippen LogP contribution in [-0.4, -0.2) is 9.13 Å². The summed E-state index contributed by atoms with van der Waals surface area (Å²) in [7, 11) is 0. The molecule has 0 saturated heterocycles. The van der Waals surface area contributed by atoms with E-state index in [1.807, 2.05) is 0 Å².